The van der Waals surface area contributed by atoms with Crippen molar-refractivity contribution in [3.05, 3.63) is 64.7 Å². The molecule has 3 heteroatoms. The highest BCUT2D eigenvalue weighted by molar-refractivity contribution is 5.98. The molecule has 2 unspecified atom stereocenters. The van der Waals surface area contributed by atoms with Crippen LogP contribution in [0.15, 0.2) is 42.5 Å². The summed E-state index contributed by atoms with van der Waals surface area (Å²) >= 11 is 0. The Balaban J connectivity index is 1.64. The number of benzene rings is 2. The predicted octanol–water partition coefficient (Wildman–Crippen LogP) is 3.41. The summed E-state index contributed by atoms with van der Waals surface area (Å²) in [7, 11) is 0. The Kier molecular flexibility index (Phi) is 3.89. The van der Waals surface area contributed by atoms with Crippen molar-refractivity contribution in [2.75, 3.05) is 11.4 Å². The number of rotatable bonds is 2. The van der Waals surface area contributed by atoms with Crippen LogP contribution in [0.1, 0.15) is 42.0 Å². The molecule has 1 N–H and O–H groups in total. The van der Waals surface area contributed by atoms with Gasteiger partial charge in [-0.1, -0.05) is 43.3 Å². The van der Waals surface area contributed by atoms with Crippen molar-refractivity contribution in [3.8, 4) is 0 Å². The molecule has 2 atom stereocenters. The first kappa shape index (κ1) is 15.4. The summed E-state index contributed by atoms with van der Waals surface area (Å²) in [5, 5.41) is 3.41. The van der Waals surface area contributed by atoms with E-state index in [4.69, 9.17) is 0 Å². The highest BCUT2D eigenvalue weighted by Crippen LogP contribution is 2.40. The average molecular weight is 320 g/mol. The van der Waals surface area contributed by atoms with Crippen molar-refractivity contribution in [3.63, 3.8) is 0 Å². The summed E-state index contributed by atoms with van der Waals surface area (Å²) in [5.41, 5.74) is 6.29. The first-order valence-corrected chi connectivity index (χ1v) is 8.88. The Labute approximate surface area is 143 Å². The van der Waals surface area contributed by atoms with Crippen molar-refractivity contribution in [2.45, 2.75) is 45.2 Å². The van der Waals surface area contributed by atoms with E-state index >= 15 is 0 Å². The third kappa shape index (κ3) is 2.44. The van der Waals surface area contributed by atoms with Crippen molar-refractivity contribution in [1.82, 2.24) is 5.32 Å². The molecule has 124 valence electrons. The number of hydrogen-bond donors (Lipinski definition) is 1. The van der Waals surface area contributed by atoms with E-state index in [0.29, 0.717) is 12.3 Å². The van der Waals surface area contributed by atoms with E-state index in [2.05, 4.69) is 55.6 Å². The molecule has 0 fully saturated rings. The summed E-state index contributed by atoms with van der Waals surface area (Å²) in [6.07, 6.45) is 1.51. The van der Waals surface area contributed by atoms with Gasteiger partial charge in [0, 0.05) is 24.2 Å². The fourth-order valence-electron chi connectivity index (χ4n) is 4.18. The molecule has 24 heavy (non-hydrogen) atoms. The number of carbonyl (C=O) groups excluding carboxylic acids is 1. The number of amides is 1. The molecule has 0 saturated heterocycles. The summed E-state index contributed by atoms with van der Waals surface area (Å²) in [4.78, 5) is 15.1. The van der Waals surface area contributed by atoms with E-state index in [0.717, 1.165) is 25.2 Å². The van der Waals surface area contributed by atoms with Gasteiger partial charge in [-0.15, -0.1) is 0 Å². The summed E-state index contributed by atoms with van der Waals surface area (Å²) in [5.74, 6) is 0.602. The van der Waals surface area contributed by atoms with Gasteiger partial charge in [-0.05, 0) is 48.2 Å². The SMILES string of the molecule is CC1c2ccccc2N(C(=O)Cc2cccc3c2CCNC3)C1C. The summed E-state index contributed by atoms with van der Waals surface area (Å²) in [6.45, 7) is 6.29. The van der Waals surface area contributed by atoms with E-state index in [1.54, 1.807) is 0 Å². The van der Waals surface area contributed by atoms with Crippen molar-refractivity contribution >= 4 is 11.6 Å². The second kappa shape index (κ2) is 6.06. The fraction of sp³-hybridized carbons (Fsp3) is 0.381. The standard InChI is InChI=1S/C21H24N2O/c1-14-15(2)23(20-9-4-3-8-18(14)20)21(24)12-16-6-5-7-17-13-22-11-10-19(16)17/h3-9,14-15,22H,10-13H2,1-2H3. The number of nitrogens with one attached hydrogen (secondary N) is 1. The molecule has 1 amide bonds. The van der Waals surface area contributed by atoms with Crippen molar-refractivity contribution in [2.24, 2.45) is 0 Å². The molecular weight excluding hydrogens is 296 g/mol. The van der Waals surface area contributed by atoms with E-state index in [9.17, 15) is 4.79 Å². The summed E-state index contributed by atoms with van der Waals surface area (Å²) in [6, 6.07) is 14.9. The molecule has 4 rings (SSSR count). The van der Waals surface area contributed by atoms with Crippen molar-refractivity contribution < 1.29 is 4.79 Å². The van der Waals surface area contributed by atoms with Crippen LogP contribution >= 0.6 is 0 Å². The van der Waals surface area contributed by atoms with E-state index in [1.165, 1.54) is 22.3 Å². The molecule has 2 heterocycles. The number of carbonyl (C=O) groups is 1. The van der Waals surface area contributed by atoms with E-state index < -0.39 is 0 Å². The Morgan fingerprint density at radius 2 is 2.00 bits per heavy atom. The monoisotopic (exact) mass is 320 g/mol. The number of fused-ring (bicyclic) bond motifs is 2. The molecule has 2 aliphatic rings. The van der Waals surface area contributed by atoms with Crippen LogP contribution in [-0.4, -0.2) is 18.5 Å². The number of para-hydroxylation sites is 1. The van der Waals surface area contributed by atoms with Crippen LogP contribution in [0.3, 0.4) is 0 Å². The molecule has 2 aliphatic heterocycles. The Morgan fingerprint density at radius 3 is 2.88 bits per heavy atom. The zero-order chi connectivity index (χ0) is 16.7. The highest BCUT2D eigenvalue weighted by atomic mass is 16.2. The first-order valence-electron chi connectivity index (χ1n) is 8.88. The normalized spacial score (nSPS) is 22.2. The highest BCUT2D eigenvalue weighted by Gasteiger charge is 2.36. The van der Waals surface area contributed by atoms with Gasteiger partial charge in [-0.2, -0.15) is 0 Å². The van der Waals surface area contributed by atoms with Crippen LogP contribution < -0.4 is 10.2 Å². The largest absolute Gasteiger partial charge is 0.312 e. The van der Waals surface area contributed by atoms with Crippen molar-refractivity contribution in [1.29, 1.82) is 0 Å². The molecular formula is C21H24N2O. The molecule has 0 aromatic heterocycles. The van der Waals surface area contributed by atoms with Gasteiger partial charge in [0.2, 0.25) is 5.91 Å². The number of anilines is 1. The second-order valence-corrected chi connectivity index (χ2v) is 7.01. The van der Waals surface area contributed by atoms with Crippen LogP contribution in [-0.2, 0) is 24.2 Å². The van der Waals surface area contributed by atoms with Gasteiger partial charge >= 0.3 is 0 Å². The predicted molar refractivity (Wildman–Crippen MR) is 97.4 cm³/mol. The lowest BCUT2D eigenvalue weighted by molar-refractivity contribution is -0.118. The maximum absolute atomic E-state index is 13.1. The Morgan fingerprint density at radius 1 is 1.17 bits per heavy atom. The van der Waals surface area contributed by atoms with Crippen LogP contribution in [0, 0.1) is 0 Å². The van der Waals surface area contributed by atoms with Gasteiger partial charge in [0.05, 0.1) is 6.42 Å². The maximum atomic E-state index is 13.1. The van der Waals surface area contributed by atoms with Gasteiger partial charge in [-0.3, -0.25) is 4.79 Å². The first-order chi connectivity index (χ1) is 11.7. The number of nitrogens with zero attached hydrogens (tertiary/aromatic N) is 1. The van der Waals surface area contributed by atoms with E-state index in [-0.39, 0.29) is 11.9 Å². The topological polar surface area (TPSA) is 32.3 Å². The maximum Gasteiger partial charge on any atom is 0.231 e. The lowest BCUT2D eigenvalue weighted by Crippen LogP contribution is -2.38. The number of hydrogen-bond acceptors (Lipinski definition) is 2. The van der Waals surface area contributed by atoms with Gasteiger partial charge in [0.25, 0.3) is 0 Å². The zero-order valence-electron chi connectivity index (χ0n) is 14.4. The molecule has 3 nitrogen and oxygen atoms in total. The smallest absolute Gasteiger partial charge is 0.231 e. The third-order valence-corrected chi connectivity index (χ3v) is 5.67. The fourth-order valence-corrected chi connectivity index (χ4v) is 4.18. The molecule has 2 aromatic rings. The minimum Gasteiger partial charge on any atom is -0.312 e. The molecule has 0 spiro atoms. The average Bonchev–Trinajstić information content (AvgIpc) is 2.87. The zero-order valence-corrected chi connectivity index (χ0v) is 14.4. The quantitative estimate of drug-likeness (QED) is 0.919. The third-order valence-electron chi connectivity index (χ3n) is 5.67. The van der Waals surface area contributed by atoms with E-state index in [1.807, 2.05) is 11.0 Å². The minimum atomic E-state index is 0.214. The van der Waals surface area contributed by atoms with Crippen LogP contribution in [0.25, 0.3) is 0 Å². The van der Waals surface area contributed by atoms with Crippen LogP contribution in [0.4, 0.5) is 5.69 Å². The van der Waals surface area contributed by atoms with Gasteiger partial charge in [0.15, 0.2) is 0 Å². The minimum absolute atomic E-state index is 0.214. The van der Waals surface area contributed by atoms with Crippen LogP contribution in [0.2, 0.25) is 0 Å². The molecule has 0 radical (unpaired) electrons. The molecule has 2 aromatic carbocycles. The summed E-state index contributed by atoms with van der Waals surface area (Å²) < 4.78 is 0. The Hall–Kier alpha value is -2.13. The molecule has 0 bridgehead atoms. The Bertz CT molecular complexity index is 783. The second-order valence-electron chi connectivity index (χ2n) is 7.01. The van der Waals surface area contributed by atoms with Gasteiger partial charge < -0.3 is 10.2 Å². The molecule has 0 saturated carbocycles. The van der Waals surface area contributed by atoms with Gasteiger partial charge in [-0.25, -0.2) is 0 Å². The van der Waals surface area contributed by atoms with Gasteiger partial charge in [0.1, 0.15) is 0 Å². The lowest BCUT2D eigenvalue weighted by Gasteiger charge is -2.26. The van der Waals surface area contributed by atoms with Crippen LogP contribution in [0.5, 0.6) is 0 Å². The molecule has 0 aliphatic carbocycles. The lowest BCUT2D eigenvalue weighted by atomic mass is 9.93.